The van der Waals surface area contributed by atoms with Crippen molar-refractivity contribution in [3.8, 4) is 0 Å². The van der Waals surface area contributed by atoms with Crippen LogP contribution in [0.3, 0.4) is 0 Å². The van der Waals surface area contributed by atoms with Crippen molar-refractivity contribution in [1.82, 2.24) is 5.32 Å². The van der Waals surface area contributed by atoms with Crippen molar-refractivity contribution < 1.29 is 17.6 Å². The van der Waals surface area contributed by atoms with E-state index in [2.05, 4.69) is 36.5 Å². The number of rotatable bonds is 12. The molecule has 1 N–H and O–H groups in total. The van der Waals surface area contributed by atoms with Crippen LogP contribution >= 0.6 is 23.5 Å². The molecular formula is C26H29FN2O3S3. The highest BCUT2D eigenvalue weighted by Crippen LogP contribution is 2.26. The van der Waals surface area contributed by atoms with E-state index < -0.39 is 28.3 Å². The number of thioether (sulfide) groups is 2. The summed E-state index contributed by atoms with van der Waals surface area (Å²) in [6, 6.07) is 20.0. The van der Waals surface area contributed by atoms with Gasteiger partial charge in [-0.3, -0.25) is 9.10 Å². The number of benzene rings is 3. The minimum Gasteiger partial charge on any atom is -0.354 e. The summed E-state index contributed by atoms with van der Waals surface area (Å²) >= 11 is 3.28. The van der Waals surface area contributed by atoms with Gasteiger partial charge in [-0.05, 0) is 73.4 Å². The molecule has 0 atom stereocenters. The number of hydrogen-bond donors (Lipinski definition) is 1. The van der Waals surface area contributed by atoms with E-state index in [9.17, 15) is 17.6 Å². The van der Waals surface area contributed by atoms with Gasteiger partial charge in [-0.25, -0.2) is 12.8 Å². The number of halogens is 1. The van der Waals surface area contributed by atoms with E-state index in [0.29, 0.717) is 6.54 Å². The van der Waals surface area contributed by atoms with Crippen LogP contribution in [0.2, 0.25) is 0 Å². The van der Waals surface area contributed by atoms with Crippen molar-refractivity contribution in [1.29, 1.82) is 0 Å². The molecule has 1 amide bonds. The fraction of sp³-hybridized carbons (Fsp3) is 0.269. The highest BCUT2D eigenvalue weighted by Gasteiger charge is 2.27. The van der Waals surface area contributed by atoms with E-state index >= 15 is 0 Å². The maximum atomic E-state index is 13.9. The monoisotopic (exact) mass is 532 g/mol. The second-order valence-corrected chi connectivity index (χ2v) is 11.8. The molecule has 0 aliphatic heterocycles. The Labute approximate surface area is 215 Å². The smallest absolute Gasteiger partial charge is 0.264 e. The molecule has 0 aliphatic rings. The van der Waals surface area contributed by atoms with Crippen LogP contribution in [0, 0.1) is 12.7 Å². The van der Waals surface area contributed by atoms with E-state index in [0.717, 1.165) is 33.2 Å². The molecule has 0 unspecified atom stereocenters. The third-order valence-corrected chi connectivity index (χ3v) is 8.85. The third-order valence-electron chi connectivity index (χ3n) is 5.21. The van der Waals surface area contributed by atoms with Gasteiger partial charge in [-0.1, -0.05) is 35.9 Å². The topological polar surface area (TPSA) is 66.5 Å². The molecule has 0 heterocycles. The van der Waals surface area contributed by atoms with Crippen molar-refractivity contribution >= 4 is 45.1 Å². The Morgan fingerprint density at radius 2 is 1.74 bits per heavy atom. The predicted octanol–water partition coefficient (Wildman–Crippen LogP) is 5.49. The molecule has 3 aromatic rings. The summed E-state index contributed by atoms with van der Waals surface area (Å²) < 4.78 is 41.6. The third kappa shape index (κ3) is 8.02. The molecule has 0 spiro atoms. The first kappa shape index (κ1) is 27.1. The molecule has 3 aromatic carbocycles. The largest absolute Gasteiger partial charge is 0.354 e. The molecule has 9 heteroatoms. The van der Waals surface area contributed by atoms with Crippen molar-refractivity contribution in [2.24, 2.45) is 0 Å². The van der Waals surface area contributed by atoms with Gasteiger partial charge < -0.3 is 5.32 Å². The molecule has 186 valence electrons. The van der Waals surface area contributed by atoms with Gasteiger partial charge in [0.25, 0.3) is 10.0 Å². The van der Waals surface area contributed by atoms with Crippen LogP contribution in [-0.4, -0.2) is 39.4 Å². The number of nitrogens with one attached hydrogen (secondary N) is 1. The number of nitrogens with zero attached hydrogens (tertiary/aromatic N) is 1. The van der Waals surface area contributed by atoms with Crippen LogP contribution in [-0.2, 0) is 20.6 Å². The Morgan fingerprint density at radius 1 is 1.03 bits per heavy atom. The molecule has 5 nitrogen and oxygen atoms in total. The second kappa shape index (κ2) is 13.0. The number of sulfonamides is 1. The van der Waals surface area contributed by atoms with Crippen LogP contribution in [0.15, 0.2) is 82.6 Å². The van der Waals surface area contributed by atoms with Gasteiger partial charge in [0, 0.05) is 17.2 Å². The van der Waals surface area contributed by atoms with Gasteiger partial charge in [0.2, 0.25) is 5.91 Å². The van der Waals surface area contributed by atoms with Gasteiger partial charge in [-0.2, -0.15) is 11.8 Å². The van der Waals surface area contributed by atoms with E-state index in [1.165, 1.54) is 53.2 Å². The van der Waals surface area contributed by atoms with Crippen LogP contribution in [0.25, 0.3) is 0 Å². The second-order valence-electron chi connectivity index (χ2n) is 7.91. The minimum atomic E-state index is -4.07. The van der Waals surface area contributed by atoms with Crippen LogP contribution in [0.5, 0.6) is 0 Å². The van der Waals surface area contributed by atoms with Crippen LogP contribution in [0.4, 0.5) is 10.1 Å². The molecule has 0 aromatic heterocycles. The molecule has 0 saturated heterocycles. The normalized spacial score (nSPS) is 11.3. The van der Waals surface area contributed by atoms with Crippen molar-refractivity contribution in [3.05, 3.63) is 89.7 Å². The summed E-state index contributed by atoms with van der Waals surface area (Å²) in [5, 5.41) is 2.79. The summed E-state index contributed by atoms with van der Waals surface area (Å²) in [6.45, 7) is 2.05. The molecule has 0 saturated carbocycles. The average Bonchev–Trinajstić information content (AvgIpc) is 2.85. The zero-order valence-electron chi connectivity index (χ0n) is 19.7. The van der Waals surface area contributed by atoms with E-state index in [1.54, 1.807) is 23.9 Å². The van der Waals surface area contributed by atoms with Crippen LogP contribution < -0.4 is 9.62 Å². The Hall–Kier alpha value is -2.49. The van der Waals surface area contributed by atoms with Crippen molar-refractivity contribution in [2.75, 3.05) is 29.4 Å². The van der Waals surface area contributed by atoms with E-state index in [-0.39, 0.29) is 10.6 Å². The highest BCUT2D eigenvalue weighted by atomic mass is 32.2. The predicted molar refractivity (Wildman–Crippen MR) is 144 cm³/mol. The number of amides is 1. The molecule has 0 aliphatic carbocycles. The quantitative estimate of drug-likeness (QED) is 0.247. The number of carbonyl (C=O) groups excluding carboxylic acids is 1. The number of hydrogen-bond acceptors (Lipinski definition) is 5. The van der Waals surface area contributed by atoms with E-state index in [4.69, 9.17) is 0 Å². The fourth-order valence-electron chi connectivity index (χ4n) is 3.28. The lowest BCUT2D eigenvalue weighted by atomic mass is 10.2. The number of aryl methyl sites for hydroxylation is 1. The zero-order chi connectivity index (χ0) is 25.3. The van der Waals surface area contributed by atoms with E-state index in [1.807, 2.05) is 6.26 Å². The summed E-state index contributed by atoms with van der Waals surface area (Å²) in [5.74, 6) is 0.741. The summed E-state index contributed by atoms with van der Waals surface area (Å²) in [7, 11) is -4.07. The molecule has 0 radical (unpaired) electrons. The van der Waals surface area contributed by atoms with Gasteiger partial charge >= 0.3 is 0 Å². The lowest BCUT2D eigenvalue weighted by molar-refractivity contribution is -0.119. The summed E-state index contributed by atoms with van der Waals surface area (Å²) in [6.07, 6.45) is 2.65. The van der Waals surface area contributed by atoms with Gasteiger partial charge in [0.15, 0.2) is 0 Å². The molecule has 0 fully saturated rings. The lowest BCUT2D eigenvalue weighted by Gasteiger charge is -2.24. The SMILES string of the molecule is CSc1ccc(S(=O)(=O)N(CC(=O)NCCCSCc2ccc(C)cc2)c2cccc(F)c2)cc1. The minimum absolute atomic E-state index is 0.0415. The Morgan fingerprint density at radius 3 is 2.40 bits per heavy atom. The maximum absolute atomic E-state index is 13.9. The average molecular weight is 533 g/mol. The molecular weight excluding hydrogens is 503 g/mol. The summed E-state index contributed by atoms with van der Waals surface area (Å²) in [5.41, 5.74) is 2.58. The Bertz CT molecular complexity index is 1220. The van der Waals surface area contributed by atoms with Crippen LogP contribution in [0.1, 0.15) is 17.5 Å². The van der Waals surface area contributed by atoms with Gasteiger partial charge in [0.1, 0.15) is 12.4 Å². The maximum Gasteiger partial charge on any atom is 0.264 e. The first-order chi connectivity index (χ1) is 16.8. The Kier molecular flexibility index (Phi) is 10.1. The first-order valence-corrected chi connectivity index (χ1v) is 14.9. The first-order valence-electron chi connectivity index (χ1n) is 11.1. The molecule has 35 heavy (non-hydrogen) atoms. The number of anilines is 1. The summed E-state index contributed by atoms with van der Waals surface area (Å²) in [4.78, 5) is 13.6. The molecule has 3 rings (SSSR count). The number of carbonyl (C=O) groups is 1. The Balaban J connectivity index is 1.59. The standard InChI is InChI=1S/C26H29FN2O3S3/c1-20-7-9-21(10-8-20)19-34-16-4-15-28-26(30)18-29(23-6-3-5-22(27)17-23)35(31,32)25-13-11-24(33-2)12-14-25/h3,5-14,17H,4,15-16,18-19H2,1-2H3,(H,28,30). The lowest BCUT2D eigenvalue weighted by Crippen LogP contribution is -2.41. The van der Waals surface area contributed by atoms with Gasteiger partial charge in [0.05, 0.1) is 10.6 Å². The molecule has 0 bridgehead atoms. The fourth-order valence-corrected chi connectivity index (χ4v) is 6.03. The zero-order valence-corrected chi connectivity index (χ0v) is 22.2. The highest BCUT2D eigenvalue weighted by molar-refractivity contribution is 7.98. The van der Waals surface area contributed by atoms with Crippen molar-refractivity contribution in [3.63, 3.8) is 0 Å². The van der Waals surface area contributed by atoms with Crippen molar-refractivity contribution in [2.45, 2.75) is 28.9 Å². The van der Waals surface area contributed by atoms with Gasteiger partial charge in [-0.15, -0.1) is 11.8 Å².